The van der Waals surface area contributed by atoms with Crippen molar-refractivity contribution < 1.29 is 9.32 Å². The average molecular weight is 418 g/mol. The number of para-hydroxylation sites is 1. The second kappa shape index (κ2) is 7.68. The molecular weight excluding hydrogens is 405 g/mol. The highest BCUT2D eigenvalue weighted by Crippen LogP contribution is 2.27. The Morgan fingerprint density at radius 1 is 1.19 bits per heavy atom. The van der Waals surface area contributed by atoms with Crippen LogP contribution in [-0.2, 0) is 17.6 Å². The first kappa shape index (κ1) is 18.0. The van der Waals surface area contributed by atoms with E-state index in [0.29, 0.717) is 32.9 Å². The number of carbonyl (C=O) groups excluding carboxylic acids is 1. The fraction of sp³-hybridized carbons (Fsp3) is 0.105. The molecule has 0 aliphatic carbocycles. The second-order valence-electron chi connectivity index (χ2n) is 5.89. The van der Waals surface area contributed by atoms with Crippen LogP contribution in [0.3, 0.4) is 0 Å². The molecule has 4 rings (SSSR count). The van der Waals surface area contributed by atoms with Gasteiger partial charge in [0.2, 0.25) is 5.91 Å². The summed E-state index contributed by atoms with van der Waals surface area (Å²) in [5, 5.41) is 9.43. The number of halogens is 2. The SMILES string of the molecule is O=C(Cc1noc2ccccc12)Nc1ncc(Cc2cc(Cl)ccc2Cl)s1. The van der Waals surface area contributed by atoms with E-state index in [0.717, 1.165) is 15.8 Å². The van der Waals surface area contributed by atoms with Gasteiger partial charge in [0.15, 0.2) is 10.7 Å². The molecule has 8 heteroatoms. The molecule has 1 N–H and O–H groups in total. The van der Waals surface area contributed by atoms with Crippen molar-refractivity contribution in [1.82, 2.24) is 10.1 Å². The van der Waals surface area contributed by atoms with E-state index in [9.17, 15) is 4.79 Å². The highest BCUT2D eigenvalue weighted by atomic mass is 35.5. The summed E-state index contributed by atoms with van der Waals surface area (Å²) in [4.78, 5) is 17.6. The lowest BCUT2D eigenvalue weighted by molar-refractivity contribution is -0.115. The monoisotopic (exact) mass is 417 g/mol. The van der Waals surface area contributed by atoms with Crippen LogP contribution in [0.1, 0.15) is 16.1 Å². The van der Waals surface area contributed by atoms with Gasteiger partial charge in [0.05, 0.1) is 6.42 Å². The number of nitrogens with zero attached hydrogens (tertiary/aromatic N) is 2. The Morgan fingerprint density at radius 2 is 2.04 bits per heavy atom. The molecule has 0 unspecified atom stereocenters. The van der Waals surface area contributed by atoms with Crippen molar-refractivity contribution >= 4 is 56.5 Å². The van der Waals surface area contributed by atoms with E-state index in [1.54, 1.807) is 18.3 Å². The van der Waals surface area contributed by atoms with E-state index < -0.39 is 0 Å². The van der Waals surface area contributed by atoms with Crippen LogP contribution < -0.4 is 5.32 Å². The van der Waals surface area contributed by atoms with E-state index >= 15 is 0 Å². The fourth-order valence-corrected chi connectivity index (χ4v) is 3.93. The van der Waals surface area contributed by atoms with E-state index in [4.69, 9.17) is 27.7 Å². The number of rotatable bonds is 5. The topological polar surface area (TPSA) is 68.0 Å². The summed E-state index contributed by atoms with van der Waals surface area (Å²) in [6, 6.07) is 12.8. The quantitative estimate of drug-likeness (QED) is 0.474. The number of fused-ring (bicyclic) bond motifs is 1. The highest BCUT2D eigenvalue weighted by molar-refractivity contribution is 7.15. The molecule has 0 bridgehead atoms. The van der Waals surface area contributed by atoms with Gasteiger partial charge in [-0.3, -0.25) is 4.79 Å². The van der Waals surface area contributed by atoms with E-state index in [-0.39, 0.29) is 12.3 Å². The van der Waals surface area contributed by atoms with Crippen molar-refractivity contribution in [3.05, 3.63) is 74.8 Å². The number of hydrogen-bond donors (Lipinski definition) is 1. The Bertz CT molecular complexity index is 1120. The van der Waals surface area contributed by atoms with Crippen LogP contribution in [0.2, 0.25) is 10.0 Å². The highest BCUT2D eigenvalue weighted by Gasteiger charge is 2.14. The van der Waals surface area contributed by atoms with Crippen LogP contribution in [0.5, 0.6) is 0 Å². The minimum atomic E-state index is -0.198. The Kier molecular flexibility index (Phi) is 5.11. The molecule has 136 valence electrons. The predicted molar refractivity (Wildman–Crippen MR) is 108 cm³/mol. The molecule has 0 saturated heterocycles. The molecule has 0 radical (unpaired) electrons. The molecule has 2 aromatic heterocycles. The summed E-state index contributed by atoms with van der Waals surface area (Å²) >= 11 is 13.6. The first-order valence-electron chi connectivity index (χ1n) is 8.10. The Labute approximate surface area is 168 Å². The van der Waals surface area contributed by atoms with Gasteiger partial charge in [0.25, 0.3) is 0 Å². The Hall–Kier alpha value is -2.41. The summed E-state index contributed by atoms with van der Waals surface area (Å²) < 4.78 is 5.23. The van der Waals surface area contributed by atoms with Gasteiger partial charge in [-0.05, 0) is 35.9 Å². The first-order valence-corrected chi connectivity index (χ1v) is 9.67. The molecule has 2 aromatic carbocycles. The van der Waals surface area contributed by atoms with Gasteiger partial charge in [-0.2, -0.15) is 0 Å². The van der Waals surface area contributed by atoms with E-state index in [2.05, 4.69) is 15.5 Å². The maximum Gasteiger partial charge on any atom is 0.232 e. The maximum absolute atomic E-state index is 12.3. The van der Waals surface area contributed by atoms with Gasteiger partial charge in [0.1, 0.15) is 5.69 Å². The number of aromatic nitrogens is 2. The zero-order valence-corrected chi connectivity index (χ0v) is 16.2. The molecule has 27 heavy (non-hydrogen) atoms. The third-order valence-electron chi connectivity index (χ3n) is 3.95. The zero-order valence-electron chi connectivity index (χ0n) is 13.9. The van der Waals surface area contributed by atoms with Crippen LogP contribution in [0.4, 0.5) is 5.13 Å². The van der Waals surface area contributed by atoms with Gasteiger partial charge < -0.3 is 9.84 Å². The summed E-state index contributed by atoms with van der Waals surface area (Å²) in [6.45, 7) is 0. The van der Waals surface area contributed by atoms with Crippen molar-refractivity contribution in [2.24, 2.45) is 0 Å². The van der Waals surface area contributed by atoms with Crippen molar-refractivity contribution in [2.75, 3.05) is 5.32 Å². The molecule has 0 saturated carbocycles. The zero-order chi connectivity index (χ0) is 18.8. The Balaban J connectivity index is 1.43. The normalized spacial score (nSPS) is 11.0. The summed E-state index contributed by atoms with van der Waals surface area (Å²) in [7, 11) is 0. The van der Waals surface area contributed by atoms with Crippen LogP contribution in [0.15, 0.2) is 53.2 Å². The number of carbonyl (C=O) groups is 1. The lowest BCUT2D eigenvalue weighted by Gasteiger charge is -2.02. The first-order chi connectivity index (χ1) is 13.1. The third kappa shape index (κ3) is 4.13. The van der Waals surface area contributed by atoms with Gasteiger partial charge in [-0.1, -0.05) is 40.5 Å². The van der Waals surface area contributed by atoms with Crippen LogP contribution in [-0.4, -0.2) is 16.0 Å². The van der Waals surface area contributed by atoms with Gasteiger partial charge >= 0.3 is 0 Å². The van der Waals surface area contributed by atoms with Crippen LogP contribution in [0.25, 0.3) is 11.0 Å². The number of anilines is 1. The van der Waals surface area contributed by atoms with Gasteiger partial charge in [-0.15, -0.1) is 11.3 Å². The second-order valence-corrected chi connectivity index (χ2v) is 7.85. The van der Waals surface area contributed by atoms with Crippen molar-refractivity contribution in [1.29, 1.82) is 0 Å². The largest absolute Gasteiger partial charge is 0.356 e. The number of amides is 1. The fourth-order valence-electron chi connectivity index (χ4n) is 2.69. The number of hydrogen-bond acceptors (Lipinski definition) is 5. The third-order valence-corrected chi connectivity index (χ3v) is 5.47. The molecule has 0 aliphatic rings. The van der Waals surface area contributed by atoms with Gasteiger partial charge in [0, 0.05) is 32.9 Å². The minimum Gasteiger partial charge on any atom is -0.356 e. The number of nitrogens with one attached hydrogen (secondary N) is 1. The molecule has 5 nitrogen and oxygen atoms in total. The summed E-state index contributed by atoms with van der Waals surface area (Å²) in [5.74, 6) is -0.198. The van der Waals surface area contributed by atoms with Crippen LogP contribution >= 0.6 is 34.5 Å². The van der Waals surface area contributed by atoms with Crippen molar-refractivity contribution in [3.63, 3.8) is 0 Å². The predicted octanol–water partition coefficient (Wildman–Crippen LogP) is 5.36. The number of benzene rings is 2. The molecule has 4 aromatic rings. The molecule has 0 fully saturated rings. The molecule has 0 spiro atoms. The Morgan fingerprint density at radius 3 is 2.93 bits per heavy atom. The lowest BCUT2D eigenvalue weighted by Crippen LogP contribution is -2.14. The van der Waals surface area contributed by atoms with Gasteiger partial charge in [-0.25, -0.2) is 4.98 Å². The van der Waals surface area contributed by atoms with E-state index in [1.807, 2.05) is 30.3 Å². The average Bonchev–Trinajstić information content (AvgIpc) is 3.25. The minimum absolute atomic E-state index is 0.117. The molecule has 0 atom stereocenters. The van der Waals surface area contributed by atoms with E-state index in [1.165, 1.54) is 11.3 Å². The summed E-state index contributed by atoms with van der Waals surface area (Å²) in [6.07, 6.45) is 2.44. The smallest absolute Gasteiger partial charge is 0.232 e. The summed E-state index contributed by atoms with van der Waals surface area (Å²) in [5.41, 5.74) is 2.18. The molecular formula is C19H13Cl2N3O2S. The van der Waals surface area contributed by atoms with Crippen molar-refractivity contribution in [3.8, 4) is 0 Å². The maximum atomic E-state index is 12.3. The van der Waals surface area contributed by atoms with Crippen molar-refractivity contribution in [2.45, 2.75) is 12.8 Å². The molecule has 1 amide bonds. The number of thiazole rings is 1. The lowest BCUT2D eigenvalue weighted by atomic mass is 10.1. The van der Waals surface area contributed by atoms with Crippen LogP contribution in [0, 0.1) is 0 Å². The molecule has 2 heterocycles. The standard InChI is InChI=1S/C19H13Cl2N3O2S/c20-12-5-6-15(21)11(7-12)8-13-10-22-19(27-13)23-18(25)9-16-14-3-1-2-4-17(14)26-24-16/h1-7,10H,8-9H2,(H,22,23,25). The molecule has 0 aliphatic heterocycles.